The van der Waals surface area contributed by atoms with Crippen LogP contribution in [0, 0.1) is 0 Å². The van der Waals surface area contributed by atoms with Crippen LogP contribution in [0.4, 0.5) is 5.69 Å². The van der Waals surface area contributed by atoms with Crippen LogP contribution in [0.25, 0.3) is 5.57 Å². The van der Waals surface area contributed by atoms with Crippen molar-refractivity contribution in [1.29, 1.82) is 0 Å². The van der Waals surface area contributed by atoms with Gasteiger partial charge >= 0.3 is 0 Å². The zero-order valence-electron chi connectivity index (χ0n) is 19.2. The Bertz CT molecular complexity index is 1250. The molecular weight excluding hydrogens is 440 g/mol. The Balaban J connectivity index is 1.83. The van der Waals surface area contributed by atoms with Gasteiger partial charge in [-0.05, 0) is 42.0 Å². The zero-order chi connectivity index (χ0) is 24.2. The lowest BCUT2D eigenvalue weighted by molar-refractivity contribution is -0.137. The van der Waals surface area contributed by atoms with Crippen molar-refractivity contribution in [2.45, 2.75) is 6.54 Å². The summed E-state index contributed by atoms with van der Waals surface area (Å²) < 4.78 is 26.8. The lowest BCUT2D eigenvalue weighted by Gasteiger charge is -2.15. The molecule has 2 amide bonds. The molecule has 0 saturated heterocycles. The summed E-state index contributed by atoms with van der Waals surface area (Å²) in [5, 5.41) is 3.10. The quantitative estimate of drug-likeness (QED) is 0.479. The number of amides is 2. The van der Waals surface area contributed by atoms with E-state index in [0.29, 0.717) is 40.0 Å². The predicted molar refractivity (Wildman–Crippen MR) is 124 cm³/mol. The first kappa shape index (κ1) is 22.8. The minimum absolute atomic E-state index is 0.0120. The van der Waals surface area contributed by atoms with Crippen molar-refractivity contribution in [3.8, 4) is 23.0 Å². The second-order valence-corrected chi connectivity index (χ2v) is 7.29. The molecule has 1 N–H and O–H groups in total. The van der Waals surface area contributed by atoms with Crippen LogP contribution < -0.4 is 24.3 Å². The molecule has 9 heteroatoms. The van der Waals surface area contributed by atoms with E-state index in [1.165, 1.54) is 34.7 Å². The maximum absolute atomic E-state index is 13.5. The molecule has 0 radical (unpaired) electrons. The van der Waals surface area contributed by atoms with E-state index in [4.69, 9.17) is 23.4 Å². The molecule has 2 heterocycles. The van der Waals surface area contributed by atoms with E-state index in [9.17, 15) is 9.59 Å². The third kappa shape index (κ3) is 4.15. The zero-order valence-corrected chi connectivity index (χ0v) is 19.2. The molecule has 0 bridgehead atoms. The normalized spacial score (nSPS) is 13.4. The smallest absolute Gasteiger partial charge is 0.278 e. The summed E-state index contributed by atoms with van der Waals surface area (Å²) in [6, 6.07) is 13.6. The first-order valence-electron chi connectivity index (χ1n) is 10.3. The van der Waals surface area contributed by atoms with Crippen molar-refractivity contribution in [2.75, 3.05) is 33.8 Å². The molecule has 4 rings (SSSR count). The van der Waals surface area contributed by atoms with Crippen LogP contribution in [-0.2, 0) is 16.1 Å². The van der Waals surface area contributed by atoms with Crippen LogP contribution >= 0.6 is 0 Å². The fourth-order valence-corrected chi connectivity index (χ4v) is 3.70. The number of benzene rings is 2. The van der Waals surface area contributed by atoms with Gasteiger partial charge in [-0.25, -0.2) is 0 Å². The van der Waals surface area contributed by atoms with Crippen molar-refractivity contribution < 1.29 is 33.0 Å². The van der Waals surface area contributed by atoms with Crippen LogP contribution in [0.1, 0.15) is 11.3 Å². The topological polar surface area (TPSA) is 99.5 Å². The number of rotatable bonds is 9. The van der Waals surface area contributed by atoms with Gasteiger partial charge in [0.2, 0.25) is 0 Å². The van der Waals surface area contributed by atoms with Crippen molar-refractivity contribution in [1.82, 2.24) is 4.90 Å². The van der Waals surface area contributed by atoms with Gasteiger partial charge in [-0.1, -0.05) is 6.07 Å². The second kappa shape index (κ2) is 9.62. The monoisotopic (exact) mass is 464 g/mol. The lowest BCUT2D eigenvalue weighted by Crippen LogP contribution is -2.31. The van der Waals surface area contributed by atoms with E-state index in [0.717, 1.165) is 4.90 Å². The molecule has 0 saturated carbocycles. The predicted octanol–water partition coefficient (Wildman–Crippen LogP) is 3.71. The van der Waals surface area contributed by atoms with Crippen LogP contribution in [0.15, 0.2) is 64.9 Å². The van der Waals surface area contributed by atoms with Gasteiger partial charge in [0.25, 0.3) is 11.8 Å². The Labute approximate surface area is 196 Å². The molecule has 9 nitrogen and oxygen atoms in total. The standard InChI is InChI=1S/C25H24N2O7/c1-30-16-8-10-19(31-2)18(13-16)26-23-22(15-7-9-20(32-3)21(12-15)33-4)24(28)27(25(23)29)14-17-6-5-11-34-17/h5-13,26H,14H2,1-4H3. The molecule has 176 valence electrons. The van der Waals surface area contributed by atoms with Crippen LogP contribution in [-0.4, -0.2) is 45.2 Å². The van der Waals surface area contributed by atoms with Gasteiger partial charge in [-0.2, -0.15) is 0 Å². The Kier molecular flexibility index (Phi) is 6.44. The summed E-state index contributed by atoms with van der Waals surface area (Å²) in [6.45, 7) is -0.0120. The minimum Gasteiger partial charge on any atom is -0.497 e. The maximum atomic E-state index is 13.5. The van der Waals surface area contributed by atoms with Crippen LogP contribution in [0.2, 0.25) is 0 Å². The van der Waals surface area contributed by atoms with Gasteiger partial charge in [-0.15, -0.1) is 0 Å². The van der Waals surface area contributed by atoms with E-state index in [1.807, 2.05) is 0 Å². The van der Waals surface area contributed by atoms with Crippen molar-refractivity contribution >= 4 is 23.1 Å². The summed E-state index contributed by atoms with van der Waals surface area (Å²) in [7, 11) is 6.08. The lowest BCUT2D eigenvalue weighted by atomic mass is 10.0. The number of imide groups is 1. The van der Waals surface area contributed by atoms with Gasteiger partial charge in [0.05, 0.1) is 52.5 Å². The summed E-state index contributed by atoms with van der Waals surface area (Å²) in [5.74, 6) is 1.46. The summed E-state index contributed by atoms with van der Waals surface area (Å²) >= 11 is 0. The number of ether oxygens (including phenoxy) is 4. The summed E-state index contributed by atoms with van der Waals surface area (Å²) in [4.78, 5) is 28.1. The average Bonchev–Trinajstić information content (AvgIpc) is 3.46. The third-order valence-electron chi connectivity index (χ3n) is 5.40. The molecule has 0 fully saturated rings. The number of methoxy groups -OCH3 is 4. The van der Waals surface area contributed by atoms with E-state index in [2.05, 4.69) is 5.32 Å². The molecule has 0 atom stereocenters. The molecule has 3 aromatic rings. The summed E-state index contributed by atoms with van der Waals surface area (Å²) in [5.41, 5.74) is 1.23. The van der Waals surface area contributed by atoms with Crippen molar-refractivity contribution in [2.24, 2.45) is 0 Å². The molecule has 0 spiro atoms. The minimum atomic E-state index is -0.504. The first-order chi connectivity index (χ1) is 16.5. The highest BCUT2D eigenvalue weighted by molar-refractivity contribution is 6.36. The fourth-order valence-electron chi connectivity index (χ4n) is 3.70. The largest absolute Gasteiger partial charge is 0.497 e. The first-order valence-corrected chi connectivity index (χ1v) is 10.3. The van der Waals surface area contributed by atoms with Crippen LogP contribution in [0.5, 0.6) is 23.0 Å². The molecule has 1 aliphatic rings. The number of carbonyl (C=O) groups excluding carboxylic acids is 2. The summed E-state index contributed by atoms with van der Waals surface area (Å²) in [6.07, 6.45) is 1.49. The van der Waals surface area contributed by atoms with E-state index >= 15 is 0 Å². The molecule has 34 heavy (non-hydrogen) atoms. The number of hydrogen-bond acceptors (Lipinski definition) is 8. The van der Waals surface area contributed by atoms with E-state index < -0.39 is 11.8 Å². The molecule has 1 aromatic heterocycles. The number of furan rings is 1. The number of hydrogen-bond donors (Lipinski definition) is 1. The van der Waals surface area contributed by atoms with E-state index in [1.54, 1.807) is 48.5 Å². The molecule has 2 aromatic carbocycles. The van der Waals surface area contributed by atoms with Gasteiger partial charge < -0.3 is 28.7 Å². The highest BCUT2D eigenvalue weighted by Gasteiger charge is 2.40. The van der Waals surface area contributed by atoms with Gasteiger partial charge in [0, 0.05) is 6.07 Å². The molecular formula is C25H24N2O7. The molecule has 0 unspecified atom stereocenters. The Hall–Kier alpha value is -4.40. The fraction of sp³-hybridized carbons (Fsp3) is 0.200. The van der Waals surface area contributed by atoms with Crippen molar-refractivity contribution in [3.05, 3.63) is 71.8 Å². The number of carbonyl (C=O) groups is 2. The molecule has 1 aliphatic heterocycles. The van der Waals surface area contributed by atoms with Gasteiger partial charge in [0.15, 0.2) is 11.5 Å². The second-order valence-electron chi connectivity index (χ2n) is 7.29. The van der Waals surface area contributed by atoms with Crippen LogP contribution in [0.3, 0.4) is 0 Å². The Morgan fingerprint density at radius 3 is 2.21 bits per heavy atom. The Morgan fingerprint density at radius 1 is 0.824 bits per heavy atom. The average molecular weight is 464 g/mol. The maximum Gasteiger partial charge on any atom is 0.278 e. The number of nitrogens with zero attached hydrogens (tertiary/aromatic N) is 1. The Morgan fingerprint density at radius 2 is 1.56 bits per heavy atom. The highest BCUT2D eigenvalue weighted by Crippen LogP contribution is 2.38. The number of nitrogens with one attached hydrogen (secondary N) is 1. The van der Waals surface area contributed by atoms with Gasteiger partial charge in [-0.3, -0.25) is 14.5 Å². The van der Waals surface area contributed by atoms with E-state index in [-0.39, 0.29) is 17.8 Å². The van der Waals surface area contributed by atoms with Crippen molar-refractivity contribution in [3.63, 3.8) is 0 Å². The molecule has 0 aliphatic carbocycles. The highest BCUT2D eigenvalue weighted by atomic mass is 16.5. The SMILES string of the molecule is COc1ccc(OC)c(NC2=C(c3ccc(OC)c(OC)c3)C(=O)N(Cc3ccco3)C2=O)c1. The number of anilines is 1. The third-order valence-corrected chi connectivity index (χ3v) is 5.40. The van der Waals surface area contributed by atoms with Gasteiger partial charge in [0.1, 0.15) is 23.0 Å².